The van der Waals surface area contributed by atoms with Crippen molar-refractivity contribution in [3.8, 4) is 0 Å². The van der Waals surface area contributed by atoms with Gasteiger partial charge in [-0.3, -0.25) is 14.4 Å². The molecule has 0 bridgehead atoms. The van der Waals surface area contributed by atoms with E-state index < -0.39 is 12.1 Å². The van der Waals surface area contributed by atoms with E-state index in [1.807, 2.05) is 0 Å². The summed E-state index contributed by atoms with van der Waals surface area (Å²) in [5.41, 5.74) is -0.117. The van der Waals surface area contributed by atoms with E-state index in [-0.39, 0.29) is 29.2 Å². The van der Waals surface area contributed by atoms with E-state index in [9.17, 15) is 14.4 Å². The van der Waals surface area contributed by atoms with Crippen LogP contribution in [0.3, 0.4) is 0 Å². The first kappa shape index (κ1) is 17.5. The highest BCUT2D eigenvalue weighted by atomic mass is 16.2. The van der Waals surface area contributed by atoms with Crippen LogP contribution in [0.15, 0.2) is 0 Å². The summed E-state index contributed by atoms with van der Waals surface area (Å²) in [5.74, 6) is -0.597. The maximum Gasteiger partial charge on any atom is 0.245 e. The van der Waals surface area contributed by atoms with Crippen LogP contribution in [-0.2, 0) is 14.4 Å². The number of hydrogen-bond donors (Lipinski definition) is 2. The summed E-state index contributed by atoms with van der Waals surface area (Å²) in [6.45, 7) is 9.22. The van der Waals surface area contributed by atoms with Crippen molar-refractivity contribution in [2.75, 3.05) is 7.05 Å². The van der Waals surface area contributed by atoms with Crippen LogP contribution >= 0.6 is 0 Å². The molecule has 0 spiro atoms. The summed E-state index contributed by atoms with van der Waals surface area (Å²) >= 11 is 0. The molecule has 3 amide bonds. The lowest BCUT2D eigenvalue weighted by Crippen LogP contribution is -2.56. The van der Waals surface area contributed by atoms with Crippen LogP contribution in [0.25, 0.3) is 0 Å². The molecule has 0 unspecified atom stereocenters. The van der Waals surface area contributed by atoms with Gasteiger partial charge >= 0.3 is 0 Å². The minimum atomic E-state index is -0.627. The molecule has 0 saturated carbocycles. The van der Waals surface area contributed by atoms with Crippen molar-refractivity contribution in [3.05, 3.63) is 0 Å². The molecule has 0 aromatic carbocycles. The minimum Gasteiger partial charge on any atom is -0.357 e. The van der Waals surface area contributed by atoms with E-state index in [1.165, 1.54) is 6.92 Å². The molecule has 0 radical (unpaired) electrons. The number of nitrogens with one attached hydrogen (secondary N) is 2. The fourth-order valence-electron chi connectivity index (χ4n) is 2.98. The fourth-order valence-corrected chi connectivity index (χ4v) is 2.98. The van der Waals surface area contributed by atoms with Gasteiger partial charge in [-0.25, -0.2) is 0 Å². The first-order valence-electron chi connectivity index (χ1n) is 7.40. The summed E-state index contributed by atoms with van der Waals surface area (Å²) in [4.78, 5) is 37.6. The third-order valence-electron chi connectivity index (χ3n) is 3.98. The van der Waals surface area contributed by atoms with Crippen molar-refractivity contribution in [3.63, 3.8) is 0 Å². The molecule has 0 aromatic heterocycles. The average Bonchev–Trinajstić information content (AvgIpc) is 2.80. The minimum absolute atomic E-state index is 0.0106. The van der Waals surface area contributed by atoms with Crippen molar-refractivity contribution in [2.45, 2.75) is 65.6 Å². The first-order valence-corrected chi connectivity index (χ1v) is 7.40. The van der Waals surface area contributed by atoms with Crippen LogP contribution in [0.5, 0.6) is 0 Å². The predicted octanol–water partition coefficient (Wildman–Crippen LogP) is 0.663. The van der Waals surface area contributed by atoms with Gasteiger partial charge in [0.25, 0.3) is 0 Å². The third-order valence-corrected chi connectivity index (χ3v) is 3.98. The third kappa shape index (κ3) is 3.95. The quantitative estimate of drug-likeness (QED) is 0.803. The van der Waals surface area contributed by atoms with Gasteiger partial charge < -0.3 is 15.5 Å². The van der Waals surface area contributed by atoms with Crippen LogP contribution < -0.4 is 10.6 Å². The molecular formula is C15H27N3O3. The second kappa shape index (κ2) is 6.45. The average molecular weight is 297 g/mol. The Bertz CT molecular complexity index is 428. The molecule has 6 nitrogen and oxygen atoms in total. The van der Waals surface area contributed by atoms with Gasteiger partial charge in [0, 0.05) is 20.0 Å². The number of carbonyl (C=O) groups excluding carboxylic acids is 3. The lowest BCUT2D eigenvalue weighted by Gasteiger charge is -2.38. The van der Waals surface area contributed by atoms with Gasteiger partial charge in [0.15, 0.2) is 0 Å². The molecule has 1 heterocycles. The Labute approximate surface area is 126 Å². The van der Waals surface area contributed by atoms with Gasteiger partial charge in [-0.2, -0.15) is 0 Å². The Morgan fingerprint density at radius 1 is 1.19 bits per heavy atom. The molecule has 0 aliphatic carbocycles. The van der Waals surface area contributed by atoms with E-state index in [0.717, 1.165) is 6.42 Å². The Kier molecular flexibility index (Phi) is 5.36. The lowest BCUT2D eigenvalue weighted by atomic mass is 9.85. The molecule has 6 heteroatoms. The molecule has 21 heavy (non-hydrogen) atoms. The zero-order chi connectivity index (χ0) is 16.4. The smallest absolute Gasteiger partial charge is 0.245 e. The molecular weight excluding hydrogens is 270 g/mol. The van der Waals surface area contributed by atoms with Crippen LogP contribution in [0.1, 0.15) is 47.5 Å². The largest absolute Gasteiger partial charge is 0.357 e. The number of rotatable bonds is 3. The van der Waals surface area contributed by atoms with Gasteiger partial charge in [0.05, 0.1) is 0 Å². The number of nitrogens with zero attached hydrogens (tertiary/aromatic N) is 1. The first-order chi connectivity index (χ1) is 9.59. The molecule has 1 aliphatic heterocycles. The molecule has 0 aromatic rings. The van der Waals surface area contributed by atoms with Crippen LogP contribution in [0.2, 0.25) is 0 Å². The fraction of sp³-hybridized carbons (Fsp3) is 0.800. The van der Waals surface area contributed by atoms with E-state index in [2.05, 4.69) is 31.4 Å². The molecule has 1 aliphatic rings. The van der Waals surface area contributed by atoms with Gasteiger partial charge in [0.2, 0.25) is 17.7 Å². The number of likely N-dealkylation sites (tertiary alicyclic amines) is 1. The van der Waals surface area contributed by atoms with Crippen LogP contribution in [0, 0.1) is 5.41 Å². The highest BCUT2D eigenvalue weighted by Crippen LogP contribution is 2.36. The SMILES string of the molecule is CNC(=O)[C@@H]1CC[C@H](C(C)(C)C)N1C(=O)[C@@H](C)NC(C)=O. The zero-order valence-corrected chi connectivity index (χ0v) is 13.8. The second-order valence-electron chi connectivity index (χ2n) is 6.76. The summed E-state index contributed by atoms with van der Waals surface area (Å²) in [5, 5.41) is 5.23. The highest BCUT2D eigenvalue weighted by molar-refractivity contribution is 5.92. The predicted molar refractivity (Wildman–Crippen MR) is 80.5 cm³/mol. The van der Waals surface area contributed by atoms with Crippen molar-refractivity contribution in [1.29, 1.82) is 0 Å². The summed E-state index contributed by atoms with van der Waals surface area (Å²) in [6, 6.07) is -1.09. The van der Waals surface area contributed by atoms with E-state index >= 15 is 0 Å². The summed E-state index contributed by atoms with van der Waals surface area (Å²) in [6.07, 6.45) is 1.44. The molecule has 120 valence electrons. The summed E-state index contributed by atoms with van der Waals surface area (Å²) in [7, 11) is 1.58. The molecule has 1 rings (SSSR count). The van der Waals surface area contributed by atoms with Gasteiger partial charge in [-0.15, -0.1) is 0 Å². The van der Waals surface area contributed by atoms with E-state index in [1.54, 1.807) is 18.9 Å². The van der Waals surface area contributed by atoms with Crippen molar-refractivity contribution < 1.29 is 14.4 Å². The van der Waals surface area contributed by atoms with Gasteiger partial charge in [-0.1, -0.05) is 20.8 Å². The lowest BCUT2D eigenvalue weighted by molar-refractivity contribution is -0.144. The number of likely N-dealkylation sites (N-methyl/N-ethyl adjacent to an activating group) is 1. The monoisotopic (exact) mass is 297 g/mol. The number of amides is 3. The van der Waals surface area contributed by atoms with Crippen molar-refractivity contribution in [2.24, 2.45) is 5.41 Å². The zero-order valence-electron chi connectivity index (χ0n) is 13.8. The number of carbonyl (C=O) groups is 3. The molecule has 3 atom stereocenters. The normalized spacial score (nSPS) is 23.6. The van der Waals surface area contributed by atoms with Crippen molar-refractivity contribution in [1.82, 2.24) is 15.5 Å². The molecule has 1 fully saturated rings. The van der Waals surface area contributed by atoms with E-state index in [0.29, 0.717) is 6.42 Å². The van der Waals surface area contributed by atoms with Gasteiger partial charge in [-0.05, 0) is 25.2 Å². The van der Waals surface area contributed by atoms with Crippen LogP contribution in [0.4, 0.5) is 0 Å². The van der Waals surface area contributed by atoms with Crippen molar-refractivity contribution >= 4 is 17.7 Å². The van der Waals surface area contributed by atoms with Gasteiger partial charge in [0.1, 0.15) is 12.1 Å². The summed E-state index contributed by atoms with van der Waals surface area (Å²) < 4.78 is 0. The standard InChI is InChI=1S/C15H27N3O3/c1-9(17-10(2)19)14(21)18-11(13(20)16-6)7-8-12(18)15(3,4)5/h9,11-12H,7-8H2,1-6H3,(H,16,20)(H,17,19)/t9-,11+,12-/m1/s1. The van der Waals surface area contributed by atoms with Crippen LogP contribution in [-0.4, -0.2) is 47.8 Å². The highest BCUT2D eigenvalue weighted by Gasteiger charge is 2.46. The maximum atomic E-state index is 12.7. The Morgan fingerprint density at radius 2 is 1.76 bits per heavy atom. The second-order valence-corrected chi connectivity index (χ2v) is 6.76. The van der Waals surface area contributed by atoms with E-state index in [4.69, 9.17) is 0 Å². The topological polar surface area (TPSA) is 78.5 Å². The number of hydrogen-bond acceptors (Lipinski definition) is 3. The molecule has 2 N–H and O–H groups in total. The maximum absolute atomic E-state index is 12.7. The molecule has 1 saturated heterocycles. The Balaban J connectivity index is 3.04. The Hall–Kier alpha value is -1.59. The Morgan fingerprint density at radius 3 is 2.19 bits per heavy atom.